The van der Waals surface area contributed by atoms with Gasteiger partial charge >= 0.3 is 0 Å². The van der Waals surface area contributed by atoms with Gasteiger partial charge in [0.25, 0.3) is 5.91 Å². The molecule has 1 amide bonds. The Morgan fingerprint density at radius 3 is 2.62 bits per heavy atom. The van der Waals surface area contributed by atoms with Crippen molar-refractivity contribution in [1.82, 2.24) is 4.98 Å². The van der Waals surface area contributed by atoms with Gasteiger partial charge in [-0.1, -0.05) is 44.0 Å². The van der Waals surface area contributed by atoms with Crippen LogP contribution in [-0.2, 0) is 11.2 Å². The lowest BCUT2D eigenvalue weighted by molar-refractivity contribution is -0.112. The van der Waals surface area contributed by atoms with E-state index in [4.69, 9.17) is 4.74 Å². The highest BCUT2D eigenvalue weighted by atomic mass is 32.1. The highest BCUT2D eigenvalue weighted by Gasteiger charge is 2.12. The van der Waals surface area contributed by atoms with Gasteiger partial charge in [0.05, 0.1) is 6.61 Å². The van der Waals surface area contributed by atoms with Gasteiger partial charge < -0.3 is 4.74 Å². The number of unbranched alkanes of at least 4 members (excludes halogenated alkanes) is 2. The number of rotatable bonds is 10. The Morgan fingerprint density at radius 2 is 1.94 bits per heavy atom. The predicted molar refractivity (Wildman–Crippen MR) is 125 cm³/mol. The summed E-state index contributed by atoms with van der Waals surface area (Å²) in [5, 5.41) is 12.5. The van der Waals surface area contributed by atoms with Crippen LogP contribution in [-0.4, -0.2) is 17.5 Å². The van der Waals surface area contributed by atoms with Crippen molar-refractivity contribution in [2.24, 2.45) is 0 Å². The molecule has 0 aliphatic rings. The van der Waals surface area contributed by atoms with Crippen LogP contribution in [0.4, 0.5) is 9.52 Å². The predicted octanol–water partition coefficient (Wildman–Crippen LogP) is 5.99. The second-order valence-corrected chi connectivity index (χ2v) is 8.30. The molecule has 1 N–H and O–H groups in total. The third kappa shape index (κ3) is 7.03. The van der Waals surface area contributed by atoms with E-state index >= 15 is 0 Å². The Hall–Kier alpha value is -3.50. The van der Waals surface area contributed by atoms with Crippen LogP contribution >= 0.6 is 11.3 Å². The number of hydrogen-bond acceptors (Lipinski definition) is 5. The van der Waals surface area contributed by atoms with E-state index in [9.17, 15) is 14.4 Å². The van der Waals surface area contributed by atoms with E-state index in [2.05, 4.69) is 17.2 Å². The molecule has 164 valence electrons. The van der Waals surface area contributed by atoms with Crippen LogP contribution in [0.1, 0.15) is 42.2 Å². The molecule has 3 aromatic rings. The quantitative estimate of drug-likeness (QED) is 0.234. The molecular formula is C25H24FN3O2S. The number of aromatic nitrogens is 1. The zero-order valence-electron chi connectivity index (χ0n) is 17.8. The van der Waals surface area contributed by atoms with Crippen LogP contribution in [0.25, 0.3) is 6.08 Å². The summed E-state index contributed by atoms with van der Waals surface area (Å²) < 4.78 is 18.7. The van der Waals surface area contributed by atoms with E-state index in [0.717, 1.165) is 41.0 Å². The molecule has 0 saturated carbocycles. The third-order valence-corrected chi connectivity index (χ3v) is 5.55. The normalized spacial score (nSPS) is 11.1. The second kappa shape index (κ2) is 11.8. The molecule has 0 aliphatic heterocycles. The Morgan fingerprint density at radius 1 is 1.19 bits per heavy atom. The van der Waals surface area contributed by atoms with Crippen molar-refractivity contribution in [2.75, 3.05) is 11.9 Å². The van der Waals surface area contributed by atoms with Crippen molar-refractivity contribution in [1.29, 1.82) is 5.26 Å². The molecule has 3 rings (SSSR count). The SMILES string of the molecule is CCCCCOc1ccc(/C=C(/C#N)C(=O)Nc2ncc(Cc3ccc(F)cc3)s2)cc1. The molecule has 32 heavy (non-hydrogen) atoms. The Kier molecular flexibility index (Phi) is 8.52. The maximum absolute atomic E-state index is 13.0. The molecule has 2 aromatic carbocycles. The lowest BCUT2D eigenvalue weighted by Gasteiger charge is -2.06. The summed E-state index contributed by atoms with van der Waals surface area (Å²) in [6, 6.07) is 15.5. The summed E-state index contributed by atoms with van der Waals surface area (Å²) in [5.74, 6) is -0.0382. The highest BCUT2D eigenvalue weighted by Crippen LogP contribution is 2.22. The average Bonchev–Trinajstić information content (AvgIpc) is 3.24. The first-order chi connectivity index (χ1) is 15.6. The second-order valence-electron chi connectivity index (χ2n) is 7.18. The maximum atomic E-state index is 13.0. The van der Waals surface area contributed by atoms with Crippen LogP contribution < -0.4 is 10.1 Å². The molecule has 0 aliphatic carbocycles. The van der Waals surface area contributed by atoms with E-state index < -0.39 is 5.91 Å². The summed E-state index contributed by atoms with van der Waals surface area (Å²) in [6.45, 7) is 2.82. The van der Waals surface area contributed by atoms with Crippen LogP contribution in [0.3, 0.4) is 0 Å². The molecule has 0 radical (unpaired) electrons. The standard InChI is InChI=1S/C25H24FN3O2S/c1-2-3-4-13-31-22-11-7-18(8-12-22)14-20(16-27)24(30)29-25-28-17-23(32-25)15-19-5-9-21(26)10-6-19/h5-12,14,17H,2-4,13,15H2,1H3,(H,28,29,30)/b20-14-. The van der Waals surface area contributed by atoms with Gasteiger partial charge in [-0.05, 0) is 47.9 Å². The summed E-state index contributed by atoms with van der Waals surface area (Å²) >= 11 is 1.32. The minimum Gasteiger partial charge on any atom is -0.494 e. The lowest BCUT2D eigenvalue weighted by atomic mass is 10.1. The van der Waals surface area contributed by atoms with Crippen molar-refractivity contribution >= 4 is 28.5 Å². The van der Waals surface area contributed by atoms with Gasteiger partial charge in [0, 0.05) is 17.5 Å². The fourth-order valence-electron chi connectivity index (χ4n) is 2.93. The summed E-state index contributed by atoms with van der Waals surface area (Å²) in [4.78, 5) is 17.6. The van der Waals surface area contributed by atoms with Crippen LogP contribution in [0.5, 0.6) is 5.75 Å². The first-order valence-corrected chi connectivity index (χ1v) is 11.2. The number of nitriles is 1. The van der Waals surface area contributed by atoms with Crippen LogP contribution in [0.15, 0.2) is 60.3 Å². The minimum absolute atomic E-state index is 0.0168. The molecule has 7 heteroatoms. The van der Waals surface area contributed by atoms with Gasteiger partial charge in [-0.2, -0.15) is 5.26 Å². The molecule has 1 heterocycles. The molecule has 0 bridgehead atoms. The van der Waals surface area contributed by atoms with Gasteiger partial charge in [0.15, 0.2) is 5.13 Å². The van der Waals surface area contributed by atoms with Crippen molar-refractivity contribution in [2.45, 2.75) is 32.6 Å². The smallest absolute Gasteiger partial charge is 0.268 e. The van der Waals surface area contributed by atoms with Gasteiger partial charge in [-0.25, -0.2) is 9.37 Å². The summed E-state index contributed by atoms with van der Waals surface area (Å²) in [7, 11) is 0. The average molecular weight is 450 g/mol. The summed E-state index contributed by atoms with van der Waals surface area (Å²) in [6.07, 6.45) is 7.07. The van der Waals surface area contributed by atoms with Gasteiger partial charge in [-0.15, -0.1) is 11.3 Å². The number of hydrogen-bond donors (Lipinski definition) is 1. The number of thiazole rings is 1. The van der Waals surface area contributed by atoms with E-state index in [0.29, 0.717) is 18.2 Å². The number of anilines is 1. The zero-order valence-corrected chi connectivity index (χ0v) is 18.6. The molecule has 1 aromatic heterocycles. The number of carbonyl (C=O) groups excluding carboxylic acids is 1. The Balaban J connectivity index is 1.58. The van der Waals surface area contributed by atoms with Crippen LogP contribution in [0, 0.1) is 17.1 Å². The molecular weight excluding hydrogens is 425 g/mol. The molecule has 0 unspecified atom stereocenters. The Bertz CT molecular complexity index is 1100. The van der Waals surface area contributed by atoms with Gasteiger partial charge in [-0.3, -0.25) is 10.1 Å². The molecule has 0 saturated heterocycles. The maximum Gasteiger partial charge on any atom is 0.268 e. The third-order valence-electron chi connectivity index (χ3n) is 4.64. The highest BCUT2D eigenvalue weighted by molar-refractivity contribution is 7.15. The van der Waals surface area contributed by atoms with Crippen molar-refractivity contribution in [3.05, 3.63) is 82.1 Å². The number of nitrogens with zero attached hydrogens (tertiary/aromatic N) is 2. The number of ether oxygens (including phenoxy) is 1. The zero-order chi connectivity index (χ0) is 22.8. The van der Waals surface area contributed by atoms with Crippen molar-refractivity contribution < 1.29 is 13.9 Å². The van der Waals surface area contributed by atoms with E-state index in [-0.39, 0.29) is 11.4 Å². The Labute approximate surface area is 191 Å². The van der Waals surface area contributed by atoms with Gasteiger partial charge in [0.1, 0.15) is 23.2 Å². The first-order valence-electron chi connectivity index (χ1n) is 10.4. The van der Waals surface area contributed by atoms with Crippen LogP contribution in [0.2, 0.25) is 0 Å². The first kappa shape index (κ1) is 23.2. The number of carbonyl (C=O) groups is 1. The van der Waals surface area contributed by atoms with E-state index in [1.165, 1.54) is 29.5 Å². The molecule has 0 spiro atoms. The van der Waals surface area contributed by atoms with E-state index in [1.54, 1.807) is 18.3 Å². The monoisotopic (exact) mass is 449 g/mol. The minimum atomic E-state index is -0.518. The van der Waals surface area contributed by atoms with Crippen molar-refractivity contribution in [3.8, 4) is 11.8 Å². The largest absolute Gasteiger partial charge is 0.494 e. The fourth-order valence-corrected chi connectivity index (χ4v) is 3.77. The lowest BCUT2D eigenvalue weighted by Crippen LogP contribution is -2.13. The number of benzene rings is 2. The van der Waals surface area contributed by atoms with E-state index in [1.807, 2.05) is 30.3 Å². The number of halogens is 1. The topological polar surface area (TPSA) is 75.0 Å². The fraction of sp³-hybridized carbons (Fsp3) is 0.240. The van der Waals surface area contributed by atoms with Gasteiger partial charge in [0.2, 0.25) is 0 Å². The molecule has 0 fully saturated rings. The van der Waals surface area contributed by atoms with Crippen molar-refractivity contribution in [3.63, 3.8) is 0 Å². The number of amides is 1. The molecule has 5 nitrogen and oxygen atoms in total. The summed E-state index contributed by atoms with van der Waals surface area (Å²) in [5.41, 5.74) is 1.66. The molecule has 0 atom stereocenters. The number of nitrogens with one attached hydrogen (secondary N) is 1.